The molecule has 0 aliphatic rings. The van der Waals surface area contributed by atoms with Crippen molar-refractivity contribution in [2.45, 2.75) is 316 Å². The predicted molar refractivity (Wildman–Crippen MR) is 427 cm³/mol. The van der Waals surface area contributed by atoms with Crippen LogP contribution in [0.2, 0.25) is 0 Å². The Bertz CT molecular complexity index is 2590. The SMILES string of the molecule is CC/C=C\C/C=C\C/C=C\C/C=C\C/C=C\CC(=O)OC(COC(=O)CCCCCC/C=C\C/C=C\C/C=C\C/C=C\CC)COP(=O)(O)OCC(O)COP(=O)(O)OCC(COC(=O)CCCCCC/C=C\C/C=C\C/C=C\C/C=C\CC)OC(=O)CCCCCCCCCCCCCCCCC. The number of esters is 4. The summed E-state index contributed by atoms with van der Waals surface area (Å²) in [5, 5.41) is 10.6. The van der Waals surface area contributed by atoms with E-state index in [0.29, 0.717) is 25.7 Å². The fourth-order valence-electron chi connectivity index (χ4n) is 10.1. The highest BCUT2D eigenvalue weighted by atomic mass is 31.2. The highest BCUT2D eigenvalue weighted by Gasteiger charge is 2.30. The molecule has 0 aliphatic carbocycles. The summed E-state index contributed by atoms with van der Waals surface area (Å²) in [4.78, 5) is 73.0. The maximum absolute atomic E-state index is 13.1. The van der Waals surface area contributed by atoms with Crippen LogP contribution in [-0.4, -0.2) is 96.7 Å². The van der Waals surface area contributed by atoms with Crippen molar-refractivity contribution in [3.8, 4) is 0 Å². The average Bonchev–Trinajstić information content (AvgIpc) is 1.21. The lowest BCUT2D eigenvalue weighted by atomic mass is 10.0. The normalized spacial score (nSPS) is 14.7. The zero-order valence-corrected chi connectivity index (χ0v) is 66.4. The summed E-state index contributed by atoms with van der Waals surface area (Å²) in [6.07, 6.45) is 88.3. The quantitative estimate of drug-likeness (QED) is 0.0169. The molecule has 0 spiro atoms. The first-order chi connectivity index (χ1) is 50.7. The molecule has 0 aromatic carbocycles. The van der Waals surface area contributed by atoms with Crippen LogP contribution < -0.4 is 0 Å². The third-order valence-electron chi connectivity index (χ3n) is 16.0. The summed E-state index contributed by atoms with van der Waals surface area (Å²) in [5.41, 5.74) is 0. The minimum absolute atomic E-state index is 0.0852. The first kappa shape index (κ1) is 98.7. The van der Waals surface area contributed by atoms with E-state index in [1.165, 1.54) is 64.2 Å². The van der Waals surface area contributed by atoms with Gasteiger partial charge in [-0.2, -0.15) is 0 Å². The summed E-state index contributed by atoms with van der Waals surface area (Å²) in [6.45, 7) is 4.37. The Labute approximate surface area is 629 Å². The van der Waals surface area contributed by atoms with Crippen molar-refractivity contribution >= 4 is 39.5 Å². The van der Waals surface area contributed by atoms with Gasteiger partial charge in [0, 0.05) is 19.3 Å². The van der Waals surface area contributed by atoms with Crippen LogP contribution in [0.15, 0.2) is 158 Å². The van der Waals surface area contributed by atoms with Gasteiger partial charge in [0.2, 0.25) is 0 Å². The van der Waals surface area contributed by atoms with Crippen molar-refractivity contribution in [1.82, 2.24) is 0 Å². The van der Waals surface area contributed by atoms with Crippen LogP contribution in [0.4, 0.5) is 0 Å². The lowest BCUT2D eigenvalue weighted by Crippen LogP contribution is -2.30. The van der Waals surface area contributed by atoms with Gasteiger partial charge in [0.15, 0.2) is 12.2 Å². The summed E-state index contributed by atoms with van der Waals surface area (Å²) < 4.78 is 68.4. The topological polar surface area (TPSA) is 237 Å². The van der Waals surface area contributed by atoms with Gasteiger partial charge >= 0.3 is 39.5 Å². The highest BCUT2D eigenvalue weighted by molar-refractivity contribution is 7.47. The van der Waals surface area contributed by atoms with Crippen molar-refractivity contribution in [1.29, 1.82) is 0 Å². The zero-order valence-electron chi connectivity index (χ0n) is 64.6. The van der Waals surface area contributed by atoms with Crippen LogP contribution in [0.3, 0.4) is 0 Å². The van der Waals surface area contributed by atoms with Gasteiger partial charge in [0.1, 0.15) is 19.3 Å². The number of rotatable bonds is 73. The van der Waals surface area contributed by atoms with Gasteiger partial charge in [0.25, 0.3) is 0 Å². The van der Waals surface area contributed by atoms with Crippen molar-refractivity contribution in [3.05, 3.63) is 158 Å². The fraction of sp³-hybridized carbons (Fsp3) is 0.647. The molecule has 0 bridgehead atoms. The molecule has 104 heavy (non-hydrogen) atoms. The number of allylic oxidation sites excluding steroid dienone is 25. The molecule has 0 amide bonds. The molecule has 0 aromatic rings. The van der Waals surface area contributed by atoms with Gasteiger partial charge in [-0.05, 0) is 128 Å². The number of phosphoric ester groups is 2. The molecule has 3 N–H and O–H groups in total. The predicted octanol–water partition coefficient (Wildman–Crippen LogP) is 23.2. The van der Waals surface area contributed by atoms with Crippen LogP contribution in [0.5, 0.6) is 0 Å². The second-order valence-electron chi connectivity index (χ2n) is 25.9. The van der Waals surface area contributed by atoms with Crippen LogP contribution in [0.1, 0.15) is 297 Å². The first-order valence-electron chi connectivity index (χ1n) is 39.7. The molecular weight excluding hydrogens is 1350 g/mol. The molecule has 0 rings (SSSR count). The van der Waals surface area contributed by atoms with E-state index in [-0.39, 0.29) is 25.7 Å². The minimum Gasteiger partial charge on any atom is -0.462 e. The molecule has 17 nitrogen and oxygen atoms in total. The Balaban J connectivity index is 5.47. The number of carbonyl (C=O) groups is 4. The monoisotopic (exact) mass is 1490 g/mol. The minimum atomic E-state index is -5.01. The molecule has 5 unspecified atom stereocenters. The summed E-state index contributed by atoms with van der Waals surface area (Å²) in [7, 11) is -10.0. The first-order valence-corrected chi connectivity index (χ1v) is 42.7. The van der Waals surface area contributed by atoms with Gasteiger partial charge in [-0.1, -0.05) is 301 Å². The standard InChI is InChI=1S/C85H140O17P2/c1-5-9-13-17-21-25-29-33-37-39-43-45-49-53-57-61-65-69-82(87)95-75-80(101-84(89)71-67-63-59-55-51-47-41-35-31-27-23-19-15-11-7-3)77-99-103(91,92)97-73-79(86)74-98-104(93,94)100-78-81(102-85(90)72-68-64-60-56-52-48-42-36-32-28-24-20-16-12-8-4)76-96-83(88)70-66-62-58-54-50-46-44-40-38-34-30-26-22-18-14-10-6-2/h9-11,13-15,21-23,25-27,33-35,37-38,41,43-46,51,55,63,67,79-81,86H,5-8,12,16-20,24,28-32,36,39-40,42,47-50,52-54,56-62,64-66,68-78H2,1-4H3,(H,91,92)(H,93,94)/b13-9-,14-10-,15-11-,25-21-,26-22-,27-23-,37-33-,38-34-,41-35-,45-43-,46-44-,55-51-,67-63-. The van der Waals surface area contributed by atoms with E-state index in [1.54, 1.807) is 12.2 Å². The van der Waals surface area contributed by atoms with Crippen molar-refractivity contribution in [2.24, 2.45) is 0 Å². The molecule has 592 valence electrons. The number of unbranched alkanes of at least 4 members (excludes halogenated alkanes) is 22. The molecule has 0 aliphatic heterocycles. The summed E-state index contributed by atoms with van der Waals surface area (Å²) >= 11 is 0. The molecule has 0 radical (unpaired) electrons. The maximum Gasteiger partial charge on any atom is 0.472 e. The van der Waals surface area contributed by atoms with Crippen LogP contribution in [0.25, 0.3) is 0 Å². The average molecular weight is 1500 g/mol. The Morgan fingerprint density at radius 3 is 0.856 bits per heavy atom. The van der Waals surface area contributed by atoms with Gasteiger partial charge in [0.05, 0.1) is 32.8 Å². The number of aliphatic hydroxyl groups excluding tert-OH is 1. The van der Waals surface area contributed by atoms with Crippen LogP contribution in [-0.2, 0) is 65.4 Å². The lowest BCUT2D eigenvalue weighted by molar-refractivity contribution is -0.161. The van der Waals surface area contributed by atoms with Crippen molar-refractivity contribution < 1.29 is 80.2 Å². The number of hydrogen-bond donors (Lipinski definition) is 3. The Kier molecular flexibility index (Phi) is 72.0. The Hall–Kier alpha value is -5.32. The number of phosphoric acid groups is 2. The number of hydrogen-bond acceptors (Lipinski definition) is 15. The largest absolute Gasteiger partial charge is 0.472 e. The molecule has 0 saturated carbocycles. The number of ether oxygens (including phenoxy) is 4. The van der Waals surface area contributed by atoms with Gasteiger partial charge in [-0.15, -0.1) is 0 Å². The van der Waals surface area contributed by atoms with E-state index >= 15 is 0 Å². The molecule has 0 heterocycles. The van der Waals surface area contributed by atoms with Crippen molar-refractivity contribution in [2.75, 3.05) is 39.6 Å². The summed E-state index contributed by atoms with van der Waals surface area (Å²) in [5.74, 6) is -2.38. The number of carbonyl (C=O) groups excluding carboxylic acids is 4. The molecule has 0 aromatic heterocycles. The molecule has 5 atom stereocenters. The van der Waals surface area contributed by atoms with E-state index in [9.17, 15) is 43.2 Å². The Morgan fingerprint density at radius 2 is 0.538 bits per heavy atom. The molecule has 19 heteroatoms. The van der Waals surface area contributed by atoms with E-state index in [2.05, 4.69) is 161 Å². The van der Waals surface area contributed by atoms with Crippen LogP contribution in [0, 0.1) is 0 Å². The molecule has 0 saturated heterocycles. The fourth-order valence-corrected chi connectivity index (χ4v) is 11.7. The second-order valence-corrected chi connectivity index (χ2v) is 28.8. The third kappa shape index (κ3) is 74.9. The Morgan fingerprint density at radius 1 is 0.288 bits per heavy atom. The lowest BCUT2D eigenvalue weighted by Gasteiger charge is -2.21. The van der Waals surface area contributed by atoms with Gasteiger partial charge in [-0.3, -0.25) is 37.3 Å². The molecular formula is C85H140O17P2. The van der Waals surface area contributed by atoms with Crippen LogP contribution >= 0.6 is 15.6 Å². The molecule has 0 fully saturated rings. The number of aliphatic hydroxyl groups is 1. The van der Waals surface area contributed by atoms with E-state index < -0.39 is 97.5 Å². The van der Waals surface area contributed by atoms with Crippen molar-refractivity contribution in [3.63, 3.8) is 0 Å². The second kappa shape index (κ2) is 75.9. The van der Waals surface area contributed by atoms with E-state index in [1.807, 2.05) is 12.2 Å². The smallest absolute Gasteiger partial charge is 0.462 e. The zero-order chi connectivity index (χ0) is 76.0. The van der Waals surface area contributed by atoms with E-state index in [0.717, 1.165) is 154 Å². The third-order valence-corrected chi connectivity index (χ3v) is 17.9. The maximum atomic E-state index is 13.1. The van der Waals surface area contributed by atoms with Gasteiger partial charge < -0.3 is 33.8 Å². The summed E-state index contributed by atoms with van der Waals surface area (Å²) in [6, 6.07) is 0. The van der Waals surface area contributed by atoms with Gasteiger partial charge in [-0.25, -0.2) is 9.13 Å². The van der Waals surface area contributed by atoms with E-state index in [4.69, 9.17) is 37.0 Å². The highest BCUT2D eigenvalue weighted by Crippen LogP contribution is 2.45.